The second-order valence-corrected chi connectivity index (χ2v) is 4.22. The molecule has 0 aromatic carbocycles. The van der Waals surface area contributed by atoms with Gasteiger partial charge in [-0.25, -0.2) is 0 Å². The molecule has 124 valence electrons. The van der Waals surface area contributed by atoms with Crippen molar-refractivity contribution in [3.8, 4) is 0 Å². The second kappa shape index (κ2) is 10.1. The van der Waals surface area contributed by atoms with Gasteiger partial charge in [-0.1, -0.05) is 0 Å². The van der Waals surface area contributed by atoms with Gasteiger partial charge in [0.15, 0.2) is 0 Å². The molecule has 0 aliphatic carbocycles. The zero-order valence-electron chi connectivity index (χ0n) is 11.8. The van der Waals surface area contributed by atoms with E-state index in [1.54, 1.807) is 0 Å². The monoisotopic (exact) mass is 317 g/mol. The molecule has 0 radical (unpaired) electrons. The number of carboxylic acid groups (broad SMARTS) is 1. The van der Waals surface area contributed by atoms with Gasteiger partial charge in [0, 0.05) is 6.42 Å². The Hall–Kier alpha value is -2.69. The number of carbonyl (C=O) groups is 5. The van der Waals surface area contributed by atoms with Crippen LogP contribution in [0.15, 0.2) is 0 Å². The van der Waals surface area contributed by atoms with E-state index in [2.05, 4.69) is 16.0 Å². The first-order valence-electron chi connectivity index (χ1n) is 6.30. The highest BCUT2D eigenvalue weighted by Gasteiger charge is 2.21. The number of carbonyl (C=O) groups excluding carboxylic acids is 4. The predicted molar refractivity (Wildman–Crippen MR) is 73.1 cm³/mol. The fourth-order valence-electron chi connectivity index (χ4n) is 1.34. The maximum atomic E-state index is 11.7. The molecule has 8 N–H and O–H groups in total. The number of amides is 4. The Morgan fingerprint density at radius 3 is 2.14 bits per heavy atom. The Kier molecular flexibility index (Phi) is 8.86. The second-order valence-electron chi connectivity index (χ2n) is 4.22. The van der Waals surface area contributed by atoms with E-state index in [9.17, 15) is 24.0 Å². The quantitative estimate of drug-likeness (QED) is 0.236. The number of rotatable bonds is 10. The number of aliphatic carboxylic acids is 1. The van der Waals surface area contributed by atoms with Crippen LogP contribution in [0.25, 0.3) is 0 Å². The van der Waals surface area contributed by atoms with Gasteiger partial charge >= 0.3 is 5.97 Å². The lowest BCUT2D eigenvalue weighted by molar-refractivity contribution is -0.138. The highest BCUT2D eigenvalue weighted by molar-refractivity contribution is 5.91. The van der Waals surface area contributed by atoms with Crippen molar-refractivity contribution >= 4 is 29.6 Å². The SMILES string of the molecule is NCC(=O)NCC(=O)N[C@@H](CCC(N)=O)C(=O)NCC(=O)O. The summed E-state index contributed by atoms with van der Waals surface area (Å²) in [7, 11) is 0. The highest BCUT2D eigenvalue weighted by Crippen LogP contribution is 1.97. The molecule has 22 heavy (non-hydrogen) atoms. The topological polar surface area (TPSA) is 194 Å². The summed E-state index contributed by atoms with van der Waals surface area (Å²) in [6.07, 6.45) is -0.280. The highest BCUT2D eigenvalue weighted by atomic mass is 16.4. The third kappa shape index (κ3) is 9.25. The van der Waals surface area contributed by atoms with E-state index in [0.717, 1.165) is 0 Å². The van der Waals surface area contributed by atoms with Crippen molar-refractivity contribution in [2.45, 2.75) is 18.9 Å². The summed E-state index contributed by atoms with van der Waals surface area (Å²) >= 11 is 0. The van der Waals surface area contributed by atoms with Gasteiger partial charge < -0.3 is 32.5 Å². The van der Waals surface area contributed by atoms with Crippen LogP contribution in [0.5, 0.6) is 0 Å². The van der Waals surface area contributed by atoms with Crippen molar-refractivity contribution in [2.24, 2.45) is 11.5 Å². The number of hydrogen-bond acceptors (Lipinski definition) is 6. The first-order chi connectivity index (χ1) is 10.3. The van der Waals surface area contributed by atoms with E-state index < -0.39 is 48.7 Å². The van der Waals surface area contributed by atoms with Crippen molar-refractivity contribution in [2.75, 3.05) is 19.6 Å². The van der Waals surface area contributed by atoms with E-state index in [4.69, 9.17) is 16.6 Å². The molecular weight excluding hydrogens is 298 g/mol. The molecule has 11 heteroatoms. The van der Waals surface area contributed by atoms with Gasteiger partial charge in [-0.3, -0.25) is 24.0 Å². The number of hydrogen-bond donors (Lipinski definition) is 6. The summed E-state index contributed by atoms with van der Waals surface area (Å²) in [5.41, 5.74) is 10.0. The summed E-state index contributed by atoms with van der Waals surface area (Å²) in [6.45, 7) is -1.33. The zero-order chi connectivity index (χ0) is 17.1. The smallest absolute Gasteiger partial charge is 0.322 e. The average molecular weight is 317 g/mol. The Morgan fingerprint density at radius 2 is 1.64 bits per heavy atom. The molecule has 0 aliphatic heterocycles. The van der Waals surface area contributed by atoms with E-state index in [1.807, 2.05) is 0 Å². The maximum absolute atomic E-state index is 11.7. The number of primary amides is 1. The fraction of sp³-hybridized carbons (Fsp3) is 0.545. The Labute approximate surface area is 125 Å². The largest absolute Gasteiger partial charge is 0.480 e. The molecule has 4 amide bonds. The standard InChI is InChI=1S/C11H19N5O6/c12-3-8(18)14-4-9(19)16-6(1-2-7(13)17)11(22)15-5-10(20)21/h6H,1-5,12H2,(H2,13,17)(H,14,18)(H,15,22)(H,16,19)(H,20,21)/t6-/m0/s1. The fourth-order valence-corrected chi connectivity index (χ4v) is 1.34. The van der Waals surface area contributed by atoms with Crippen LogP contribution in [-0.4, -0.2) is 60.4 Å². The Morgan fingerprint density at radius 1 is 1.00 bits per heavy atom. The van der Waals surface area contributed by atoms with Crippen molar-refractivity contribution in [1.29, 1.82) is 0 Å². The first-order valence-corrected chi connectivity index (χ1v) is 6.30. The van der Waals surface area contributed by atoms with Crippen molar-refractivity contribution in [1.82, 2.24) is 16.0 Å². The minimum atomic E-state index is -1.26. The maximum Gasteiger partial charge on any atom is 0.322 e. The molecule has 0 aliphatic rings. The van der Waals surface area contributed by atoms with E-state index in [1.165, 1.54) is 0 Å². The van der Waals surface area contributed by atoms with Gasteiger partial charge in [-0.15, -0.1) is 0 Å². The van der Waals surface area contributed by atoms with Gasteiger partial charge in [0.2, 0.25) is 23.6 Å². The molecule has 0 rings (SSSR count). The molecule has 0 fully saturated rings. The molecule has 0 aromatic heterocycles. The van der Waals surface area contributed by atoms with Crippen LogP contribution in [0.3, 0.4) is 0 Å². The molecule has 0 heterocycles. The third-order valence-corrected chi connectivity index (χ3v) is 2.38. The average Bonchev–Trinajstić information content (AvgIpc) is 2.46. The normalized spacial score (nSPS) is 11.1. The lowest BCUT2D eigenvalue weighted by atomic mass is 10.1. The van der Waals surface area contributed by atoms with Crippen LogP contribution in [0, 0.1) is 0 Å². The van der Waals surface area contributed by atoms with Crippen LogP contribution in [-0.2, 0) is 24.0 Å². The van der Waals surface area contributed by atoms with Gasteiger partial charge in [0.1, 0.15) is 12.6 Å². The number of nitrogens with two attached hydrogens (primary N) is 2. The molecule has 0 bridgehead atoms. The molecule has 0 saturated carbocycles. The van der Waals surface area contributed by atoms with Gasteiger partial charge in [-0.2, -0.15) is 0 Å². The van der Waals surface area contributed by atoms with Crippen LogP contribution in [0.2, 0.25) is 0 Å². The van der Waals surface area contributed by atoms with E-state index in [0.29, 0.717) is 0 Å². The number of carboxylic acids is 1. The minimum absolute atomic E-state index is 0.0998. The number of nitrogens with one attached hydrogen (secondary N) is 3. The summed E-state index contributed by atoms with van der Waals surface area (Å²) in [6, 6.07) is -1.14. The molecule has 0 saturated heterocycles. The summed E-state index contributed by atoms with van der Waals surface area (Å²) < 4.78 is 0. The molecule has 0 spiro atoms. The molecular formula is C11H19N5O6. The third-order valence-electron chi connectivity index (χ3n) is 2.38. The van der Waals surface area contributed by atoms with E-state index >= 15 is 0 Å². The van der Waals surface area contributed by atoms with Crippen molar-refractivity contribution in [3.63, 3.8) is 0 Å². The summed E-state index contributed by atoms with van der Waals surface area (Å²) in [5, 5.41) is 15.0. The van der Waals surface area contributed by atoms with Crippen LogP contribution < -0.4 is 27.4 Å². The Bertz CT molecular complexity index is 452. The Balaban J connectivity index is 4.53. The molecule has 0 aromatic rings. The van der Waals surface area contributed by atoms with Crippen molar-refractivity contribution in [3.05, 3.63) is 0 Å². The van der Waals surface area contributed by atoms with Crippen LogP contribution in [0.1, 0.15) is 12.8 Å². The van der Waals surface area contributed by atoms with Gasteiger partial charge in [-0.05, 0) is 6.42 Å². The molecule has 11 nitrogen and oxygen atoms in total. The van der Waals surface area contributed by atoms with E-state index in [-0.39, 0.29) is 19.4 Å². The lowest BCUT2D eigenvalue weighted by Gasteiger charge is -2.17. The summed E-state index contributed by atoms with van der Waals surface area (Å²) in [4.78, 5) is 55.4. The minimum Gasteiger partial charge on any atom is -0.480 e. The van der Waals surface area contributed by atoms with Gasteiger partial charge in [0.05, 0.1) is 13.1 Å². The predicted octanol–water partition coefficient (Wildman–Crippen LogP) is -3.99. The lowest BCUT2D eigenvalue weighted by Crippen LogP contribution is -2.50. The summed E-state index contributed by atoms with van der Waals surface area (Å²) in [5.74, 6) is -3.96. The van der Waals surface area contributed by atoms with Crippen LogP contribution in [0.4, 0.5) is 0 Å². The first kappa shape index (κ1) is 19.3. The van der Waals surface area contributed by atoms with Gasteiger partial charge in [0.25, 0.3) is 0 Å². The van der Waals surface area contributed by atoms with Crippen LogP contribution >= 0.6 is 0 Å². The molecule has 0 unspecified atom stereocenters. The molecule has 1 atom stereocenters. The zero-order valence-corrected chi connectivity index (χ0v) is 11.8. The van der Waals surface area contributed by atoms with Crippen molar-refractivity contribution < 1.29 is 29.1 Å².